The van der Waals surface area contributed by atoms with Gasteiger partial charge in [0.25, 0.3) is 5.91 Å². The number of carbonyl (C=O) groups excluding carboxylic acids is 1. The normalized spacial score (nSPS) is 20.9. The second kappa shape index (κ2) is 10.5. The van der Waals surface area contributed by atoms with Gasteiger partial charge in [-0.2, -0.15) is 5.26 Å². The highest BCUT2D eigenvalue weighted by Crippen LogP contribution is 2.39. The highest BCUT2D eigenvalue weighted by atomic mass is 35.5. The summed E-state index contributed by atoms with van der Waals surface area (Å²) in [6.07, 6.45) is 3.69. The van der Waals surface area contributed by atoms with Crippen LogP contribution in [0.3, 0.4) is 0 Å². The highest BCUT2D eigenvalue weighted by molar-refractivity contribution is 7.98. The molecule has 0 saturated carbocycles. The molecular formula is C28H24Cl2N2O2S. The second-order valence-corrected chi connectivity index (χ2v) is 10.8. The van der Waals surface area contributed by atoms with E-state index in [9.17, 15) is 4.79 Å². The molecule has 0 spiro atoms. The number of halogens is 2. The van der Waals surface area contributed by atoms with Crippen LogP contribution in [0.25, 0.3) is 0 Å². The fourth-order valence-electron chi connectivity index (χ4n) is 5.04. The Morgan fingerprint density at radius 2 is 1.74 bits per heavy atom. The molecule has 2 heterocycles. The van der Waals surface area contributed by atoms with E-state index in [0.717, 1.165) is 53.2 Å². The van der Waals surface area contributed by atoms with Crippen LogP contribution < -0.4 is 4.74 Å². The lowest BCUT2D eigenvalue weighted by atomic mass is 9.98. The van der Waals surface area contributed by atoms with Crippen molar-refractivity contribution in [1.82, 2.24) is 4.90 Å². The Balaban J connectivity index is 1.20. The first kappa shape index (κ1) is 24.1. The van der Waals surface area contributed by atoms with Gasteiger partial charge in [0.05, 0.1) is 21.7 Å². The van der Waals surface area contributed by atoms with Gasteiger partial charge in [-0.15, -0.1) is 11.8 Å². The molecule has 5 rings (SSSR count). The van der Waals surface area contributed by atoms with Crippen LogP contribution in [0.4, 0.5) is 0 Å². The van der Waals surface area contributed by atoms with E-state index >= 15 is 0 Å². The molecule has 7 heteroatoms. The van der Waals surface area contributed by atoms with Gasteiger partial charge in [0.15, 0.2) is 0 Å². The number of thioether (sulfide) groups is 1. The monoisotopic (exact) mass is 522 g/mol. The van der Waals surface area contributed by atoms with Crippen LogP contribution in [-0.4, -0.2) is 29.0 Å². The summed E-state index contributed by atoms with van der Waals surface area (Å²) in [5.41, 5.74) is 2.44. The van der Waals surface area contributed by atoms with Crippen molar-refractivity contribution in [2.45, 2.75) is 54.5 Å². The summed E-state index contributed by atoms with van der Waals surface area (Å²) >= 11 is 14.0. The minimum absolute atomic E-state index is 0.0585. The number of hydrogen-bond acceptors (Lipinski definition) is 4. The molecule has 1 amide bonds. The maximum Gasteiger partial charge on any atom is 0.254 e. The van der Waals surface area contributed by atoms with Crippen molar-refractivity contribution in [3.8, 4) is 11.8 Å². The standard InChI is InChI=1S/C28H24Cl2N2O2S/c29-25-5-2-6-26(27(25)30)35-17-18-7-9-20(10-8-18)28(33)32-21-11-12-22(32)15-24(14-21)34-23-4-1-3-19(13-23)16-31/h1-10,13,21-22,24H,11-12,14-15,17H2. The maximum atomic E-state index is 13.4. The molecule has 0 radical (unpaired) electrons. The summed E-state index contributed by atoms with van der Waals surface area (Å²) in [5.74, 6) is 1.57. The molecular weight excluding hydrogens is 499 g/mol. The molecule has 4 nitrogen and oxygen atoms in total. The van der Waals surface area contributed by atoms with Gasteiger partial charge in [-0.1, -0.05) is 47.5 Å². The Kier molecular flexibility index (Phi) is 7.24. The number of carbonyl (C=O) groups is 1. The van der Waals surface area contributed by atoms with E-state index in [4.69, 9.17) is 33.2 Å². The molecule has 0 aromatic heterocycles. The lowest BCUT2D eigenvalue weighted by Gasteiger charge is -2.39. The number of benzene rings is 3. The summed E-state index contributed by atoms with van der Waals surface area (Å²) in [4.78, 5) is 16.4. The Hall–Kier alpha value is -2.65. The molecule has 2 aliphatic heterocycles. The number of piperidine rings is 1. The summed E-state index contributed by atoms with van der Waals surface area (Å²) in [6.45, 7) is 0. The van der Waals surface area contributed by atoms with Gasteiger partial charge in [0.2, 0.25) is 0 Å². The Morgan fingerprint density at radius 3 is 2.46 bits per heavy atom. The van der Waals surface area contributed by atoms with Gasteiger partial charge in [0.1, 0.15) is 11.9 Å². The molecule has 2 aliphatic rings. The fourth-order valence-corrected chi connectivity index (χ4v) is 6.48. The molecule has 0 N–H and O–H groups in total. The van der Waals surface area contributed by atoms with Gasteiger partial charge in [-0.05, 0) is 60.9 Å². The minimum atomic E-state index is 0.0585. The highest BCUT2D eigenvalue weighted by Gasteiger charge is 2.44. The van der Waals surface area contributed by atoms with Gasteiger partial charge < -0.3 is 9.64 Å². The van der Waals surface area contributed by atoms with Crippen LogP contribution in [-0.2, 0) is 5.75 Å². The van der Waals surface area contributed by atoms with Crippen LogP contribution in [0.1, 0.15) is 47.2 Å². The third-order valence-electron chi connectivity index (χ3n) is 6.70. The van der Waals surface area contributed by atoms with E-state index in [-0.39, 0.29) is 24.1 Å². The third kappa shape index (κ3) is 5.30. The average molecular weight is 523 g/mol. The largest absolute Gasteiger partial charge is 0.490 e. The van der Waals surface area contributed by atoms with E-state index in [1.54, 1.807) is 30.0 Å². The van der Waals surface area contributed by atoms with Crippen LogP contribution in [0.2, 0.25) is 10.0 Å². The van der Waals surface area contributed by atoms with Crippen LogP contribution in [0.5, 0.6) is 5.75 Å². The van der Waals surface area contributed by atoms with Crippen molar-refractivity contribution in [3.05, 3.63) is 93.5 Å². The number of ether oxygens (including phenoxy) is 1. The summed E-state index contributed by atoms with van der Waals surface area (Å²) in [5, 5.41) is 10.3. The van der Waals surface area contributed by atoms with Crippen LogP contribution in [0.15, 0.2) is 71.6 Å². The SMILES string of the molecule is N#Cc1cccc(OC2CC3CCC(C2)N3C(=O)c2ccc(CSc3cccc(Cl)c3Cl)cc2)c1. The molecule has 3 aromatic rings. The molecule has 178 valence electrons. The average Bonchev–Trinajstić information content (AvgIpc) is 3.15. The summed E-state index contributed by atoms with van der Waals surface area (Å²) in [7, 11) is 0. The zero-order valence-electron chi connectivity index (χ0n) is 19.0. The maximum absolute atomic E-state index is 13.4. The predicted octanol–water partition coefficient (Wildman–Crippen LogP) is 7.37. The van der Waals surface area contributed by atoms with Gasteiger partial charge in [0, 0.05) is 41.1 Å². The summed E-state index contributed by atoms with van der Waals surface area (Å²) in [6, 6.07) is 23.3. The number of rotatable bonds is 6. The quantitative estimate of drug-likeness (QED) is 0.317. The molecule has 2 fully saturated rings. The smallest absolute Gasteiger partial charge is 0.254 e. The molecule has 2 atom stereocenters. The van der Waals surface area contributed by atoms with E-state index in [1.165, 1.54) is 0 Å². The van der Waals surface area contributed by atoms with Crippen LogP contribution in [0, 0.1) is 11.3 Å². The van der Waals surface area contributed by atoms with E-state index in [1.807, 2.05) is 48.5 Å². The van der Waals surface area contributed by atoms with E-state index < -0.39 is 0 Å². The first-order valence-corrected chi connectivity index (χ1v) is 13.4. The molecule has 3 aromatic carbocycles. The molecule has 0 aliphatic carbocycles. The first-order chi connectivity index (χ1) is 17.0. The van der Waals surface area contributed by atoms with Crippen molar-refractivity contribution < 1.29 is 9.53 Å². The van der Waals surface area contributed by atoms with Crippen molar-refractivity contribution >= 4 is 40.9 Å². The number of amides is 1. The lowest BCUT2D eigenvalue weighted by molar-refractivity contribution is 0.0359. The molecule has 2 saturated heterocycles. The number of nitriles is 1. The minimum Gasteiger partial charge on any atom is -0.490 e. The van der Waals surface area contributed by atoms with Crippen LogP contribution >= 0.6 is 35.0 Å². The molecule has 35 heavy (non-hydrogen) atoms. The van der Waals surface area contributed by atoms with Gasteiger partial charge in [-0.3, -0.25) is 4.79 Å². The van der Waals surface area contributed by atoms with Gasteiger partial charge in [-0.25, -0.2) is 0 Å². The predicted molar refractivity (Wildman–Crippen MR) is 140 cm³/mol. The Labute approximate surface area is 219 Å². The summed E-state index contributed by atoms with van der Waals surface area (Å²) < 4.78 is 6.20. The lowest BCUT2D eigenvalue weighted by Crippen LogP contribution is -2.49. The van der Waals surface area contributed by atoms with Gasteiger partial charge >= 0.3 is 0 Å². The zero-order chi connectivity index (χ0) is 24.4. The second-order valence-electron chi connectivity index (χ2n) is 8.99. The van der Waals surface area contributed by atoms with E-state index in [0.29, 0.717) is 15.6 Å². The zero-order valence-corrected chi connectivity index (χ0v) is 21.3. The van der Waals surface area contributed by atoms with Crippen molar-refractivity contribution in [2.24, 2.45) is 0 Å². The van der Waals surface area contributed by atoms with Crippen molar-refractivity contribution in [1.29, 1.82) is 5.26 Å². The van der Waals surface area contributed by atoms with Crippen molar-refractivity contribution in [3.63, 3.8) is 0 Å². The van der Waals surface area contributed by atoms with E-state index in [2.05, 4.69) is 11.0 Å². The Morgan fingerprint density at radius 1 is 1.03 bits per heavy atom. The van der Waals surface area contributed by atoms with Crippen molar-refractivity contribution in [2.75, 3.05) is 0 Å². The number of hydrogen-bond donors (Lipinski definition) is 0. The number of nitrogens with zero attached hydrogens (tertiary/aromatic N) is 2. The molecule has 2 bridgehead atoms. The third-order valence-corrected chi connectivity index (χ3v) is 8.76. The Bertz CT molecular complexity index is 1260. The topological polar surface area (TPSA) is 53.3 Å². The number of fused-ring (bicyclic) bond motifs is 2. The fraction of sp³-hybridized carbons (Fsp3) is 0.286. The first-order valence-electron chi connectivity index (χ1n) is 11.7. The molecule has 2 unspecified atom stereocenters.